The Hall–Kier alpha value is -0.0787. The SMILES string of the molecule is Cc1ccc(-n2nccc2[B-](F)(F)F)c(C)c1.[K+]. The van der Waals surface area contributed by atoms with Gasteiger partial charge in [-0.25, -0.2) is 0 Å². The molecule has 90 valence electrons. The summed E-state index contributed by atoms with van der Waals surface area (Å²) < 4.78 is 39.3. The Morgan fingerprint density at radius 2 is 1.78 bits per heavy atom. The number of hydrogen-bond acceptors (Lipinski definition) is 1. The van der Waals surface area contributed by atoms with Crippen LogP contribution in [0.15, 0.2) is 30.5 Å². The third-order valence-corrected chi connectivity index (χ3v) is 2.59. The van der Waals surface area contributed by atoms with Gasteiger partial charge in [0.1, 0.15) is 0 Å². The topological polar surface area (TPSA) is 17.8 Å². The fourth-order valence-corrected chi connectivity index (χ4v) is 1.81. The fourth-order valence-electron chi connectivity index (χ4n) is 1.81. The zero-order chi connectivity index (χ0) is 12.6. The molecule has 2 nitrogen and oxygen atoms in total. The summed E-state index contributed by atoms with van der Waals surface area (Å²) in [6.07, 6.45) is 1.17. The zero-order valence-corrected chi connectivity index (χ0v) is 13.6. The van der Waals surface area contributed by atoms with Crippen LogP contribution in [0.2, 0.25) is 0 Å². The van der Waals surface area contributed by atoms with Crippen LogP contribution in [0.3, 0.4) is 0 Å². The summed E-state index contributed by atoms with van der Waals surface area (Å²) in [6.45, 7) is -1.38. The maximum Gasteiger partial charge on any atom is 1.00 e. The summed E-state index contributed by atoms with van der Waals surface area (Å²) in [5.74, 6) is 0. The third kappa shape index (κ3) is 3.27. The number of aromatic nitrogens is 2. The molecular weight excluding hydrogens is 267 g/mol. The van der Waals surface area contributed by atoms with Crippen LogP contribution in [-0.2, 0) is 0 Å². The first-order valence-corrected chi connectivity index (χ1v) is 5.21. The Morgan fingerprint density at radius 1 is 1.11 bits per heavy atom. The van der Waals surface area contributed by atoms with Crippen molar-refractivity contribution in [3.8, 4) is 5.69 Å². The van der Waals surface area contributed by atoms with Gasteiger partial charge in [-0.3, -0.25) is 4.68 Å². The van der Waals surface area contributed by atoms with E-state index in [0.29, 0.717) is 5.69 Å². The van der Waals surface area contributed by atoms with E-state index in [4.69, 9.17) is 0 Å². The molecule has 0 saturated carbocycles. The molecule has 0 fully saturated rings. The van der Waals surface area contributed by atoms with Gasteiger partial charge in [-0.05, 0) is 31.1 Å². The largest absolute Gasteiger partial charge is 1.00 e. The summed E-state index contributed by atoms with van der Waals surface area (Å²) in [4.78, 5) is 0. The standard InChI is InChI=1S/C11H11BF3N2.K/c1-8-3-4-10(9(2)7-8)17-11(5-6-16-17)12(13,14)15;/h3-7H,1-2H3;/q-1;+1. The van der Waals surface area contributed by atoms with Crippen LogP contribution >= 0.6 is 0 Å². The fraction of sp³-hybridized carbons (Fsp3) is 0.182. The number of halogens is 3. The van der Waals surface area contributed by atoms with E-state index in [9.17, 15) is 12.9 Å². The van der Waals surface area contributed by atoms with E-state index in [-0.39, 0.29) is 51.4 Å². The summed E-state index contributed by atoms with van der Waals surface area (Å²) in [5, 5.41) is 3.76. The van der Waals surface area contributed by atoms with Gasteiger partial charge in [0, 0.05) is 6.20 Å². The van der Waals surface area contributed by atoms with Crippen LogP contribution in [0.4, 0.5) is 12.9 Å². The van der Waals surface area contributed by atoms with Crippen molar-refractivity contribution >= 4 is 12.6 Å². The van der Waals surface area contributed by atoms with E-state index in [2.05, 4.69) is 5.10 Å². The maximum absolute atomic E-state index is 12.8. The predicted molar refractivity (Wildman–Crippen MR) is 61.8 cm³/mol. The van der Waals surface area contributed by atoms with Crippen molar-refractivity contribution in [3.63, 3.8) is 0 Å². The Morgan fingerprint density at radius 3 is 2.33 bits per heavy atom. The zero-order valence-electron chi connectivity index (χ0n) is 10.5. The summed E-state index contributed by atoms with van der Waals surface area (Å²) in [7, 11) is 0. The maximum atomic E-state index is 12.8. The van der Waals surface area contributed by atoms with Gasteiger partial charge in [-0.1, -0.05) is 23.8 Å². The molecule has 0 N–H and O–H groups in total. The number of nitrogens with zero attached hydrogens (tertiary/aromatic N) is 2. The molecule has 0 aliphatic carbocycles. The minimum atomic E-state index is -5.05. The predicted octanol–water partition coefficient (Wildman–Crippen LogP) is -0.452. The Labute approximate surface area is 146 Å². The van der Waals surface area contributed by atoms with Gasteiger partial charge in [0.25, 0.3) is 0 Å². The first kappa shape index (κ1) is 16.0. The molecule has 0 amide bonds. The van der Waals surface area contributed by atoms with E-state index >= 15 is 0 Å². The molecule has 1 heterocycles. The smallest absolute Gasteiger partial charge is 0.444 e. The third-order valence-electron chi connectivity index (χ3n) is 2.59. The van der Waals surface area contributed by atoms with Gasteiger partial charge >= 0.3 is 58.4 Å². The molecule has 2 aromatic rings. The molecule has 0 unspecified atom stereocenters. The second-order valence-corrected chi connectivity index (χ2v) is 4.03. The van der Waals surface area contributed by atoms with Crippen LogP contribution in [0, 0.1) is 13.8 Å². The van der Waals surface area contributed by atoms with E-state index in [1.54, 1.807) is 19.1 Å². The van der Waals surface area contributed by atoms with Crippen molar-refractivity contribution in [2.24, 2.45) is 0 Å². The van der Waals surface area contributed by atoms with Gasteiger partial charge in [-0.2, -0.15) is 5.10 Å². The van der Waals surface area contributed by atoms with Gasteiger partial charge in [0.05, 0.1) is 5.69 Å². The van der Waals surface area contributed by atoms with Gasteiger partial charge < -0.3 is 12.9 Å². The van der Waals surface area contributed by atoms with Crippen molar-refractivity contribution in [2.45, 2.75) is 13.8 Å². The van der Waals surface area contributed by atoms with Crippen molar-refractivity contribution in [3.05, 3.63) is 41.6 Å². The quantitative estimate of drug-likeness (QED) is 0.680. The number of rotatable bonds is 2. The summed E-state index contributed by atoms with van der Waals surface area (Å²) >= 11 is 0. The van der Waals surface area contributed by atoms with Crippen LogP contribution in [0.5, 0.6) is 0 Å². The molecule has 1 aromatic heterocycles. The van der Waals surface area contributed by atoms with E-state index in [1.807, 2.05) is 13.0 Å². The average molecular weight is 278 g/mol. The van der Waals surface area contributed by atoms with Gasteiger partial charge in [0.15, 0.2) is 0 Å². The molecule has 2 rings (SSSR count). The van der Waals surface area contributed by atoms with Crippen molar-refractivity contribution in [2.75, 3.05) is 0 Å². The van der Waals surface area contributed by atoms with E-state index in [0.717, 1.165) is 21.9 Å². The minimum Gasteiger partial charge on any atom is -0.444 e. The first-order valence-electron chi connectivity index (χ1n) is 5.21. The molecule has 0 spiro atoms. The number of benzene rings is 1. The molecule has 7 heteroatoms. The molecule has 0 saturated heterocycles. The molecule has 1 aromatic carbocycles. The monoisotopic (exact) mass is 278 g/mol. The molecule has 0 atom stereocenters. The van der Waals surface area contributed by atoms with Crippen molar-refractivity contribution in [1.82, 2.24) is 9.78 Å². The van der Waals surface area contributed by atoms with E-state index < -0.39 is 12.6 Å². The summed E-state index contributed by atoms with van der Waals surface area (Å²) in [5.41, 5.74) is 1.55. The normalized spacial score (nSPS) is 11.2. The Kier molecular flexibility index (Phi) is 5.25. The Bertz CT molecular complexity index is 551. The molecule has 0 bridgehead atoms. The Balaban J connectivity index is 0.00000162. The van der Waals surface area contributed by atoms with Gasteiger partial charge in [0.2, 0.25) is 0 Å². The van der Waals surface area contributed by atoms with Crippen LogP contribution in [0.25, 0.3) is 5.69 Å². The van der Waals surface area contributed by atoms with Crippen molar-refractivity contribution in [1.29, 1.82) is 0 Å². The summed E-state index contributed by atoms with van der Waals surface area (Å²) in [6, 6.07) is 6.27. The molecule has 0 radical (unpaired) electrons. The molecular formula is C11H11BF3KN2. The second kappa shape index (κ2) is 5.92. The van der Waals surface area contributed by atoms with Crippen LogP contribution < -0.4 is 57.0 Å². The first-order chi connectivity index (χ1) is 7.89. The van der Waals surface area contributed by atoms with Crippen molar-refractivity contribution < 1.29 is 64.3 Å². The number of hydrogen-bond donors (Lipinski definition) is 0. The number of aryl methyl sites for hydroxylation is 2. The molecule has 18 heavy (non-hydrogen) atoms. The van der Waals surface area contributed by atoms with Crippen LogP contribution in [-0.4, -0.2) is 16.8 Å². The molecule has 0 aliphatic rings. The van der Waals surface area contributed by atoms with Gasteiger partial charge in [-0.15, -0.1) is 0 Å². The second-order valence-electron chi connectivity index (χ2n) is 4.03. The minimum absolute atomic E-state index is 0. The van der Waals surface area contributed by atoms with Crippen LogP contribution in [0.1, 0.15) is 11.1 Å². The average Bonchev–Trinajstić information content (AvgIpc) is 2.65. The van der Waals surface area contributed by atoms with E-state index in [1.165, 1.54) is 6.20 Å². The molecule has 0 aliphatic heterocycles.